The Bertz CT molecular complexity index is 1310. The first-order valence-electron chi connectivity index (χ1n) is 12.0. The number of aromatic nitrogens is 1. The van der Waals surface area contributed by atoms with Gasteiger partial charge in [0.05, 0.1) is 12.1 Å². The van der Waals surface area contributed by atoms with Gasteiger partial charge in [-0.05, 0) is 75.2 Å². The number of carbonyl (C=O) groups is 2. The number of pyridine rings is 1. The molecule has 3 rings (SSSR count). The number of amides is 3. The van der Waals surface area contributed by atoms with Crippen LogP contribution in [0, 0.1) is 11.6 Å². The molecule has 0 aliphatic heterocycles. The molecule has 3 aromatic rings. The van der Waals surface area contributed by atoms with Crippen LogP contribution in [0.25, 0.3) is 0 Å². The maximum Gasteiger partial charge on any atom is 0.322 e. The van der Waals surface area contributed by atoms with Crippen LogP contribution in [0.3, 0.4) is 0 Å². The van der Waals surface area contributed by atoms with Gasteiger partial charge in [-0.2, -0.15) is 0 Å². The highest BCUT2D eigenvalue weighted by Crippen LogP contribution is 2.26. The molecule has 0 aliphatic rings. The summed E-state index contributed by atoms with van der Waals surface area (Å²) in [6.07, 6.45) is 2.28. The molecule has 0 aliphatic carbocycles. The number of thiocarbonyl (C=S) groups is 1. The van der Waals surface area contributed by atoms with Gasteiger partial charge in [0.2, 0.25) is 5.91 Å². The van der Waals surface area contributed by atoms with Crippen molar-refractivity contribution in [3.8, 4) is 11.5 Å². The largest absolute Gasteiger partial charge is 0.457 e. The summed E-state index contributed by atoms with van der Waals surface area (Å²) in [5, 5.41) is 7.72. The number of nitrogens with zero attached hydrogens (tertiary/aromatic N) is 3. The van der Waals surface area contributed by atoms with Crippen LogP contribution < -0.4 is 20.7 Å². The Morgan fingerprint density at radius 3 is 2.36 bits per heavy atom. The Kier molecular flexibility index (Phi) is 10.6. The van der Waals surface area contributed by atoms with E-state index in [0.29, 0.717) is 17.9 Å². The molecule has 0 unspecified atom stereocenters. The van der Waals surface area contributed by atoms with Gasteiger partial charge in [-0.1, -0.05) is 12.1 Å². The number of hydrogen-bond donors (Lipinski definition) is 3. The zero-order valence-electron chi connectivity index (χ0n) is 21.8. The predicted molar refractivity (Wildman–Crippen MR) is 150 cm³/mol. The summed E-state index contributed by atoms with van der Waals surface area (Å²) >= 11 is 5.10. The number of anilines is 2. The molecular formula is C27H30F2N6O3S. The highest BCUT2D eigenvalue weighted by molar-refractivity contribution is 7.80. The van der Waals surface area contributed by atoms with Crippen molar-refractivity contribution in [1.82, 2.24) is 20.1 Å². The SMILES string of the molecule is CN(C)CCCN(C)C(=O)Nc1cc(Oc2ccc(NC(=S)NC(=O)Cc3ccc(F)cc3)c(F)c2)ccn1. The van der Waals surface area contributed by atoms with E-state index in [1.54, 1.807) is 18.0 Å². The highest BCUT2D eigenvalue weighted by atomic mass is 32.1. The van der Waals surface area contributed by atoms with Crippen molar-refractivity contribution < 1.29 is 23.1 Å². The maximum absolute atomic E-state index is 14.7. The molecule has 2 aromatic carbocycles. The van der Waals surface area contributed by atoms with Crippen molar-refractivity contribution in [3.05, 3.63) is 78.0 Å². The van der Waals surface area contributed by atoms with E-state index in [4.69, 9.17) is 17.0 Å². The minimum Gasteiger partial charge on any atom is -0.457 e. The molecule has 1 heterocycles. The van der Waals surface area contributed by atoms with Gasteiger partial charge >= 0.3 is 6.03 Å². The molecule has 0 atom stereocenters. The van der Waals surface area contributed by atoms with E-state index in [-0.39, 0.29) is 34.8 Å². The van der Waals surface area contributed by atoms with Crippen molar-refractivity contribution in [2.75, 3.05) is 44.9 Å². The van der Waals surface area contributed by atoms with Crippen LogP contribution in [-0.2, 0) is 11.2 Å². The fraction of sp³-hybridized carbons (Fsp3) is 0.259. The second-order valence-corrected chi connectivity index (χ2v) is 9.34. The molecule has 39 heavy (non-hydrogen) atoms. The van der Waals surface area contributed by atoms with Crippen LogP contribution >= 0.6 is 12.2 Å². The Hall–Kier alpha value is -4.16. The third kappa shape index (κ3) is 9.91. The smallest absolute Gasteiger partial charge is 0.322 e. The van der Waals surface area contributed by atoms with E-state index in [2.05, 4.69) is 20.9 Å². The van der Waals surface area contributed by atoms with Crippen LogP contribution in [0.2, 0.25) is 0 Å². The summed E-state index contributed by atoms with van der Waals surface area (Å²) in [6, 6.07) is 12.4. The fourth-order valence-electron chi connectivity index (χ4n) is 3.38. The third-order valence-corrected chi connectivity index (χ3v) is 5.57. The number of ether oxygens (including phenoxy) is 1. The topological polar surface area (TPSA) is 98.8 Å². The van der Waals surface area contributed by atoms with Gasteiger partial charge in [0, 0.05) is 31.9 Å². The lowest BCUT2D eigenvalue weighted by Crippen LogP contribution is -2.35. The van der Waals surface area contributed by atoms with Crippen LogP contribution in [0.5, 0.6) is 11.5 Å². The first kappa shape index (κ1) is 29.4. The molecule has 0 saturated carbocycles. The highest BCUT2D eigenvalue weighted by Gasteiger charge is 2.12. The summed E-state index contributed by atoms with van der Waals surface area (Å²) < 4.78 is 33.4. The first-order chi connectivity index (χ1) is 18.6. The molecule has 3 amide bonds. The summed E-state index contributed by atoms with van der Waals surface area (Å²) in [4.78, 5) is 32.3. The number of carbonyl (C=O) groups excluding carboxylic acids is 2. The number of rotatable bonds is 10. The predicted octanol–water partition coefficient (Wildman–Crippen LogP) is 4.62. The fourth-order valence-corrected chi connectivity index (χ4v) is 3.61. The van der Waals surface area contributed by atoms with Crippen molar-refractivity contribution in [2.45, 2.75) is 12.8 Å². The number of urea groups is 1. The summed E-state index contributed by atoms with van der Waals surface area (Å²) in [6.45, 7) is 1.45. The van der Waals surface area contributed by atoms with Crippen LogP contribution in [0.4, 0.5) is 25.1 Å². The van der Waals surface area contributed by atoms with E-state index in [1.165, 1.54) is 48.7 Å². The summed E-state index contributed by atoms with van der Waals surface area (Å²) in [7, 11) is 5.64. The lowest BCUT2D eigenvalue weighted by molar-refractivity contribution is -0.119. The van der Waals surface area contributed by atoms with Gasteiger partial charge < -0.3 is 25.2 Å². The van der Waals surface area contributed by atoms with Crippen LogP contribution in [0.15, 0.2) is 60.8 Å². The minimum absolute atomic E-state index is 0.0154. The van der Waals surface area contributed by atoms with E-state index < -0.39 is 17.5 Å². The first-order valence-corrected chi connectivity index (χ1v) is 12.5. The van der Waals surface area contributed by atoms with Gasteiger partial charge in [-0.25, -0.2) is 18.6 Å². The zero-order valence-corrected chi connectivity index (χ0v) is 22.6. The van der Waals surface area contributed by atoms with Gasteiger partial charge in [-0.3, -0.25) is 10.1 Å². The van der Waals surface area contributed by atoms with E-state index in [1.807, 2.05) is 19.0 Å². The van der Waals surface area contributed by atoms with Gasteiger partial charge in [-0.15, -0.1) is 0 Å². The standard InChI is InChI=1S/C27H30F2N6O3S/c1-34(2)13-4-14-35(3)27(37)32-24-17-21(11-12-30-24)38-20-9-10-23(22(29)16-20)31-26(39)33-25(36)15-18-5-7-19(28)8-6-18/h5-12,16-17H,4,13-15H2,1-3H3,(H,30,32,37)(H2,31,33,36,39). The van der Waals surface area contributed by atoms with E-state index in [0.717, 1.165) is 19.0 Å². The second-order valence-electron chi connectivity index (χ2n) is 8.93. The van der Waals surface area contributed by atoms with Gasteiger partial charge in [0.15, 0.2) is 5.11 Å². The normalized spacial score (nSPS) is 10.6. The lowest BCUT2D eigenvalue weighted by atomic mass is 10.1. The Labute approximate surface area is 231 Å². The molecule has 0 fully saturated rings. The Morgan fingerprint density at radius 2 is 1.67 bits per heavy atom. The molecule has 0 radical (unpaired) electrons. The van der Waals surface area contributed by atoms with Crippen molar-refractivity contribution in [2.24, 2.45) is 0 Å². The average molecular weight is 557 g/mol. The molecule has 0 spiro atoms. The molecule has 206 valence electrons. The Balaban J connectivity index is 1.52. The average Bonchev–Trinajstić information content (AvgIpc) is 2.87. The van der Waals surface area contributed by atoms with Crippen LogP contribution in [-0.4, -0.2) is 66.1 Å². The van der Waals surface area contributed by atoms with Crippen LogP contribution in [0.1, 0.15) is 12.0 Å². The number of nitrogens with one attached hydrogen (secondary N) is 3. The minimum atomic E-state index is -0.662. The summed E-state index contributed by atoms with van der Waals surface area (Å²) in [5.74, 6) is -0.653. The molecule has 1 aromatic heterocycles. The monoisotopic (exact) mass is 556 g/mol. The number of halogens is 2. The second kappa shape index (κ2) is 14.1. The van der Waals surface area contributed by atoms with Gasteiger partial charge in [0.1, 0.15) is 29.0 Å². The lowest BCUT2D eigenvalue weighted by Gasteiger charge is -2.19. The maximum atomic E-state index is 14.7. The molecule has 3 N–H and O–H groups in total. The molecule has 12 heteroatoms. The molecule has 0 bridgehead atoms. The van der Waals surface area contributed by atoms with Gasteiger partial charge in [0.25, 0.3) is 0 Å². The number of hydrogen-bond acceptors (Lipinski definition) is 6. The molecule has 0 saturated heterocycles. The zero-order chi connectivity index (χ0) is 28.4. The third-order valence-electron chi connectivity index (χ3n) is 5.37. The summed E-state index contributed by atoms with van der Waals surface area (Å²) in [5.41, 5.74) is 0.643. The molecular weight excluding hydrogens is 526 g/mol. The Morgan fingerprint density at radius 1 is 0.949 bits per heavy atom. The van der Waals surface area contributed by atoms with E-state index in [9.17, 15) is 18.4 Å². The van der Waals surface area contributed by atoms with E-state index >= 15 is 0 Å². The number of benzene rings is 2. The van der Waals surface area contributed by atoms with Crippen molar-refractivity contribution in [1.29, 1.82) is 0 Å². The van der Waals surface area contributed by atoms with Crippen molar-refractivity contribution in [3.63, 3.8) is 0 Å². The molecule has 9 nitrogen and oxygen atoms in total. The van der Waals surface area contributed by atoms with Crippen molar-refractivity contribution >= 4 is 40.8 Å². The quantitative estimate of drug-likeness (QED) is 0.314.